The van der Waals surface area contributed by atoms with Crippen molar-refractivity contribution in [1.29, 1.82) is 0 Å². The number of aryl methyl sites for hydroxylation is 1. The fourth-order valence-electron chi connectivity index (χ4n) is 4.07. The average Bonchev–Trinajstić information content (AvgIpc) is 3.05. The van der Waals surface area contributed by atoms with Crippen LogP contribution in [0.15, 0.2) is 48.0 Å². The molecule has 1 heterocycles. The van der Waals surface area contributed by atoms with Crippen LogP contribution in [0, 0.1) is 6.92 Å². The van der Waals surface area contributed by atoms with E-state index in [4.69, 9.17) is 9.47 Å². The maximum absolute atomic E-state index is 13.2. The van der Waals surface area contributed by atoms with Gasteiger partial charge in [-0.2, -0.15) is 0 Å². The molecular weight excluding hydrogens is 432 g/mol. The number of ketones is 1. The molecule has 1 N–H and O–H groups in total. The molecule has 1 unspecified atom stereocenters. The number of hydrogen-bond acceptors (Lipinski definition) is 6. The van der Waals surface area contributed by atoms with E-state index in [1.807, 2.05) is 71.0 Å². The summed E-state index contributed by atoms with van der Waals surface area (Å²) in [5.74, 6) is -0.826. The van der Waals surface area contributed by atoms with Crippen molar-refractivity contribution in [2.75, 3.05) is 38.8 Å². The molecule has 7 nitrogen and oxygen atoms in total. The zero-order valence-corrected chi connectivity index (χ0v) is 20.8. The smallest absolute Gasteiger partial charge is 0.295 e. The topological polar surface area (TPSA) is 79.3 Å². The monoisotopic (exact) mass is 466 g/mol. The van der Waals surface area contributed by atoms with E-state index in [2.05, 4.69) is 0 Å². The predicted molar refractivity (Wildman–Crippen MR) is 133 cm³/mol. The molecule has 0 bridgehead atoms. The SMILES string of the molecule is CCOc1ccc(/C(O)=C2/C(=O)C(=O)N(CCOC(C)C)C2c2ccc(N(C)C)cc2)cc1C. The van der Waals surface area contributed by atoms with Crippen molar-refractivity contribution in [2.45, 2.75) is 39.8 Å². The predicted octanol–water partition coefficient (Wildman–Crippen LogP) is 4.31. The number of carbonyl (C=O) groups excluding carboxylic acids is 2. The number of rotatable bonds is 9. The van der Waals surface area contributed by atoms with Gasteiger partial charge in [-0.3, -0.25) is 9.59 Å². The number of anilines is 1. The zero-order valence-electron chi connectivity index (χ0n) is 20.8. The first-order chi connectivity index (χ1) is 16.1. The number of ether oxygens (including phenoxy) is 2. The highest BCUT2D eigenvalue weighted by Gasteiger charge is 2.46. The fraction of sp³-hybridized carbons (Fsp3) is 0.407. The summed E-state index contributed by atoms with van der Waals surface area (Å²) >= 11 is 0. The van der Waals surface area contributed by atoms with Crippen LogP contribution in [0.5, 0.6) is 5.75 Å². The third-order valence-corrected chi connectivity index (χ3v) is 5.80. The summed E-state index contributed by atoms with van der Waals surface area (Å²) in [7, 11) is 3.89. The molecule has 7 heteroatoms. The molecule has 0 radical (unpaired) electrons. The van der Waals surface area contributed by atoms with Crippen molar-refractivity contribution in [3.8, 4) is 5.75 Å². The van der Waals surface area contributed by atoms with Crippen molar-refractivity contribution in [3.05, 3.63) is 64.7 Å². The van der Waals surface area contributed by atoms with E-state index in [1.165, 1.54) is 4.90 Å². The molecule has 0 saturated carbocycles. The molecule has 0 aromatic heterocycles. The van der Waals surface area contributed by atoms with Gasteiger partial charge >= 0.3 is 0 Å². The first-order valence-electron chi connectivity index (χ1n) is 11.6. The Kier molecular flexibility index (Phi) is 7.99. The second kappa shape index (κ2) is 10.7. The Labute approximate surface area is 201 Å². The van der Waals surface area contributed by atoms with Crippen molar-refractivity contribution < 1.29 is 24.2 Å². The summed E-state index contributed by atoms with van der Waals surface area (Å²) in [6.45, 7) is 8.67. The van der Waals surface area contributed by atoms with Crippen LogP contribution in [-0.4, -0.2) is 61.7 Å². The van der Waals surface area contributed by atoms with Gasteiger partial charge in [0.2, 0.25) is 0 Å². The van der Waals surface area contributed by atoms with Gasteiger partial charge < -0.3 is 24.4 Å². The normalized spacial score (nSPS) is 17.5. The first-order valence-corrected chi connectivity index (χ1v) is 11.6. The Balaban J connectivity index is 2.09. The Morgan fingerprint density at radius 3 is 2.35 bits per heavy atom. The van der Waals surface area contributed by atoms with Gasteiger partial charge in [0, 0.05) is 31.9 Å². The van der Waals surface area contributed by atoms with E-state index in [-0.39, 0.29) is 24.0 Å². The largest absolute Gasteiger partial charge is 0.507 e. The van der Waals surface area contributed by atoms with E-state index >= 15 is 0 Å². The zero-order chi connectivity index (χ0) is 25.0. The van der Waals surface area contributed by atoms with Crippen LogP contribution in [0.25, 0.3) is 5.76 Å². The number of aliphatic hydroxyl groups excluding tert-OH is 1. The van der Waals surface area contributed by atoms with E-state index in [9.17, 15) is 14.7 Å². The lowest BCUT2D eigenvalue weighted by Gasteiger charge is -2.26. The Bertz CT molecular complexity index is 1070. The summed E-state index contributed by atoms with van der Waals surface area (Å²) in [6, 6.07) is 12.2. The Hall–Kier alpha value is -3.32. The summed E-state index contributed by atoms with van der Waals surface area (Å²) in [4.78, 5) is 29.7. The van der Waals surface area contributed by atoms with Crippen molar-refractivity contribution in [1.82, 2.24) is 4.90 Å². The van der Waals surface area contributed by atoms with Gasteiger partial charge in [-0.1, -0.05) is 12.1 Å². The number of likely N-dealkylation sites (tertiary alicyclic amines) is 1. The maximum Gasteiger partial charge on any atom is 0.295 e. The van der Waals surface area contributed by atoms with Gasteiger partial charge in [-0.25, -0.2) is 0 Å². The molecule has 1 saturated heterocycles. The standard InChI is InChI=1S/C27H34N2O5/c1-7-33-22-13-10-20(16-18(22)4)25(30)23-24(19-8-11-21(12-9-19)28(5)6)29(27(32)26(23)31)14-15-34-17(2)3/h8-13,16-17,24,30H,7,14-15H2,1-6H3/b25-23-. The summed E-state index contributed by atoms with van der Waals surface area (Å²) < 4.78 is 11.2. The second-order valence-corrected chi connectivity index (χ2v) is 8.81. The first kappa shape index (κ1) is 25.3. The molecule has 1 aliphatic rings. The molecule has 1 aliphatic heterocycles. The second-order valence-electron chi connectivity index (χ2n) is 8.81. The minimum absolute atomic E-state index is 0.00137. The van der Waals surface area contributed by atoms with E-state index in [0.717, 1.165) is 16.8 Å². The number of hydrogen-bond donors (Lipinski definition) is 1. The van der Waals surface area contributed by atoms with Gasteiger partial charge in [-0.15, -0.1) is 0 Å². The molecular formula is C27H34N2O5. The van der Waals surface area contributed by atoms with Gasteiger partial charge in [0.1, 0.15) is 11.5 Å². The molecule has 182 valence electrons. The minimum atomic E-state index is -0.709. The quantitative estimate of drug-likeness (QED) is 0.337. The fourth-order valence-corrected chi connectivity index (χ4v) is 4.07. The molecule has 1 fully saturated rings. The Morgan fingerprint density at radius 1 is 1.12 bits per heavy atom. The van der Waals surface area contributed by atoms with Gasteiger partial charge in [-0.05, 0) is 69.2 Å². The number of Topliss-reactive ketones (excluding diaryl/α,β-unsaturated/α-hetero) is 1. The van der Waals surface area contributed by atoms with Gasteiger partial charge in [0.05, 0.1) is 30.9 Å². The van der Waals surface area contributed by atoms with Crippen molar-refractivity contribution in [2.24, 2.45) is 0 Å². The highest BCUT2D eigenvalue weighted by molar-refractivity contribution is 6.46. The number of carbonyl (C=O) groups is 2. The van der Waals surface area contributed by atoms with Crippen LogP contribution >= 0.6 is 0 Å². The Morgan fingerprint density at radius 2 is 1.79 bits per heavy atom. The lowest BCUT2D eigenvalue weighted by molar-refractivity contribution is -0.140. The number of aliphatic hydroxyl groups is 1. The van der Waals surface area contributed by atoms with Crippen LogP contribution in [0.2, 0.25) is 0 Å². The van der Waals surface area contributed by atoms with Crippen LogP contribution in [0.1, 0.15) is 43.5 Å². The molecule has 3 rings (SSSR count). The van der Waals surface area contributed by atoms with Crippen LogP contribution in [-0.2, 0) is 14.3 Å². The molecule has 2 aromatic rings. The van der Waals surface area contributed by atoms with Crippen LogP contribution < -0.4 is 9.64 Å². The summed E-state index contributed by atoms with van der Waals surface area (Å²) in [5, 5.41) is 11.3. The highest BCUT2D eigenvalue weighted by atomic mass is 16.5. The maximum atomic E-state index is 13.2. The average molecular weight is 467 g/mol. The van der Waals surface area contributed by atoms with E-state index < -0.39 is 17.7 Å². The lowest BCUT2D eigenvalue weighted by Crippen LogP contribution is -2.33. The molecule has 34 heavy (non-hydrogen) atoms. The number of amides is 1. The minimum Gasteiger partial charge on any atom is -0.507 e. The van der Waals surface area contributed by atoms with Crippen LogP contribution in [0.3, 0.4) is 0 Å². The molecule has 0 aliphatic carbocycles. The molecule has 0 spiro atoms. The lowest BCUT2D eigenvalue weighted by atomic mass is 9.94. The number of nitrogens with zero attached hydrogens (tertiary/aromatic N) is 2. The van der Waals surface area contributed by atoms with Gasteiger partial charge in [0.15, 0.2) is 0 Å². The van der Waals surface area contributed by atoms with Crippen molar-refractivity contribution >= 4 is 23.1 Å². The molecule has 1 atom stereocenters. The third kappa shape index (κ3) is 5.25. The third-order valence-electron chi connectivity index (χ3n) is 5.80. The van der Waals surface area contributed by atoms with E-state index in [0.29, 0.717) is 24.5 Å². The molecule has 2 aromatic carbocycles. The highest BCUT2D eigenvalue weighted by Crippen LogP contribution is 2.40. The van der Waals surface area contributed by atoms with Crippen molar-refractivity contribution in [3.63, 3.8) is 0 Å². The van der Waals surface area contributed by atoms with E-state index in [1.54, 1.807) is 18.2 Å². The molecule has 1 amide bonds. The number of benzene rings is 2. The van der Waals surface area contributed by atoms with Crippen LogP contribution in [0.4, 0.5) is 5.69 Å². The summed E-state index contributed by atoms with van der Waals surface area (Å²) in [5.41, 5.74) is 3.12. The summed E-state index contributed by atoms with van der Waals surface area (Å²) in [6.07, 6.45) is 0.00137. The van der Waals surface area contributed by atoms with Gasteiger partial charge in [0.25, 0.3) is 11.7 Å².